The van der Waals surface area contributed by atoms with Crippen LogP contribution in [0.15, 0.2) is 17.0 Å². The highest BCUT2D eigenvalue weighted by atomic mass is 32.1. The summed E-state index contributed by atoms with van der Waals surface area (Å²) in [7, 11) is 1.47. The second-order valence-electron chi connectivity index (χ2n) is 3.13. The molecule has 4 heteroatoms. The van der Waals surface area contributed by atoms with Crippen molar-refractivity contribution in [3.8, 4) is 11.5 Å². The van der Waals surface area contributed by atoms with E-state index in [4.69, 9.17) is 9.47 Å². The predicted octanol–water partition coefficient (Wildman–Crippen LogP) is 2.91. The molecule has 0 saturated carbocycles. The van der Waals surface area contributed by atoms with E-state index in [-0.39, 0.29) is 11.9 Å². The van der Waals surface area contributed by atoms with Crippen molar-refractivity contribution in [2.45, 2.75) is 24.8 Å². The Bertz CT molecular complexity index is 326. The van der Waals surface area contributed by atoms with Gasteiger partial charge in [-0.2, -0.15) is 0 Å². The largest absolute Gasteiger partial charge is 0.493 e. The van der Waals surface area contributed by atoms with E-state index >= 15 is 0 Å². The number of benzene rings is 1. The van der Waals surface area contributed by atoms with Gasteiger partial charge in [-0.05, 0) is 26.0 Å². The third-order valence-corrected chi connectivity index (χ3v) is 1.83. The lowest BCUT2D eigenvalue weighted by molar-refractivity contribution is 0.218. The van der Waals surface area contributed by atoms with Crippen LogP contribution in [0.25, 0.3) is 0 Å². The Morgan fingerprint density at radius 2 is 2.00 bits per heavy atom. The maximum absolute atomic E-state index is 13.4. The van der Waals surface area contributed by atoms with Gasteiger partial charge in [0.1, 0.15) is 0 Å². The Balaban J connectivity index is 3.11. The number of hydrogen-bond acceptors (Lipinski definition) is 3. The summed E-state index contributed by atoms with van der Waals surface area (Å²) < 4.78 is 23.7. The monoisotopic (exact) mass is 216 g/mol. The minimum absolute atomic E-state index is 0.0934. The average Bonchev–Trinajstić information content (AvgIpc) is 2.08. The summed E-state index contributed by atoms with van der Waals surface area (Å²) in [4.78, 5) is 0.510. The SMILES string of the molecule is COc1cc(S)cc(F)c1OC(C)C. The number of rotatable bonds is 3. The van der Waals surface area contributed by atoms with Gasteiger partial charge in [0.15, 0.2) is 17.3 Å². The third kappa shape index (κ3) is 2.54. The molecule has 14 heavy (non-hydrogen) atoms. The molecule has 1 aromatic rings. The topological polar surface area (TPSA) is 18.5 Å². The highest BCUT2D eigenvalue weighted by molar-refractivity contribution is 7.80. The third-order valence-electron chi connectivity index (χ3n) is 1.57. The number of thiol groups is 1. The van der Waals surface area contributed by atoms with Gasteiger partial charge in [0.25, 0.3) is 0 Å². The first-order valence-corrected chi connectivity index (χ1v) is 4.72. The Labute approximate surface area is 88.4 Å². The van der Waals surface area contributed by atoms with Crippen LogP contribution < -0.4 is 9.47 Å². The molecule has 0 fully saturated rings. The molecular weight excluding hydrogens is 203 g/mol. The lowest BCUT2D eigenvalue weighted by Crippen LogP contribution is -2.08. The number of methoxy groups -OCH3 is 1. The number of halogens is 1. The van der Waals surface area contributed by atoms with Crippen molar-refractivity contribution >= 4 is 12.6 Å². The summed E-state index contributed by atoms with van der Waals surface area (Å²) in [6.07, 6.45) is -0.0934. The van der Waals surface area contributed by atoms with E-state index in [1.807, 2.05) is 13.8 Å². The molecule has 0 saturated heterocycles. The summed E-state index contributed by atoms with van der Waals surface area (Å²) in [5.41, 5.74) is 0. The van der Waals surface area contributed by atoms with E-state index in [1.165, 1.54) is 13.2 Å². The molecule has 1 rings (SSSR count). The van der Waals surface area contributed by atoms with E-state index < -0.39 is 5.82 Å². The second kappa shape index (κ2) is 4.55. The predicted molar refractivity (Wildman–Crippen MR) is 56.0 cm³/mol. The molecule has 0 atom stereocenters. The minimum Gasteiger partial charge on any atom is -0.493 e. The fourth-order valence-electron chi connectivity index (χ4n) is 1.06. The molecule has 0 bridgehead atoms. The van der Waals surface area contributed by atoms with Crippen molar-refractivity contribution in [1.29, 1.82) is 0 Å². The van der Waals surface area contributed by atoms with Crippen LogP contribution in [-0.2, 0) is 0 Å². The van der Waals surface area contributed by atoms with Crippen molar-refractivity contribution in [2.75, 3.05) is 7.11 Å². The van der Waals surface area contributed by atoms with Crippen LogP contribution in [0.5, 0.6) is 11.5 Å². The van der Waals surface area contributed by atoms with Crippen LogP contribution in [0, 0.1) is 5.82 Å². The number of ether oxygens (including phenoxy) is 2. The van der Waals surface area contributed by atoms with Crippen LogP contribution in [0.1, 0.15) is 13.8 Å². The maximum atomic E-state index is 13.4. The summed E-state index contributed by atoms with van der Waals surface area (Å²) in [5.74, 6) is 0.0482. The van der Waals surface area contributed by atoms with E-state index in [1.54, 1.807) is 6.07 Å². The first-order chi connectivity index (χ1) is 6.54. The van der Waals surface area contributed by atoms with Crippen LogP contribution >= 0.6 is 12.6 Å². The van der Waals surface area contributed by atoms with E-state index in [9.17, 15) is 4.39 Å². The zero-order valence-corrected chi connectivity index (χ0v) is 9.27. The minimum atomic E-state index is -0.456. The van der Waals surface area contributed by atoms with Crippen molar-refractivity contribution in [2.24, 2.45) is 0 Å². The summed E-state index contributed by atoms with van der Waals surface area (Å²) in [5, 5.41) is 0. The summed E-state index contributed by atoms with van der Waals surface area (Å²) in [6, 6.07) is 2.91. The second-order valence-corrected chi connectivity index (χ2v) is 3.64. The highest BCUT2D eigenvalue weighted by Gasteiger charge is 2.13. The molecule has 0 aliphatic rings. The Kier molecular flexibility index (Phi) is 3.63. The molecule has 78 valence electrons. The maximum Gasteiger partial charge on any atom is 0.197 e. The van der Waals surface area contributed by atoms with Gasteiger partial charge >= 0.3 is 0 Å². The Morgan fingerprint density at radius 1 is 1.36 bits per heavy atom. The van der Waals surface area contributed by atoms with E-state index in [0.717, 1.165) is 0 Å². The molecule has 0 unspecified atom stereocenters. The first kappa shape index (κ1) is 11.2. The first-order valence-electron chi connectivity index (χ1n) is 4.27. The molecule has 0 aromatic heterocycles. The van der Waals surface area contributed by atoms with E-state index in [2.05, 4.69) is 12.6 Å². The summed E-state index contributed by atoms with van der Waals surface area (Å²) in [6.45, 7) is 3.65. The summed E-state index contributed by atoms with van der Waals surface area (Å²) >= 11 is 4.04. The van der Waals surface area contributed by atoms with Gasteiger partial charge in [0, 0.05) is 4.90 Å². The van der Waals surface area contributed by atoms with Crippen LogP contribution in [0.3, 0.4) is 0 Å². The van der Waals surface area contributed by atoms with Crippen molar-refractivity contribution in [3.63, 3.8) is 0 Å². The molecule has 0 N–H and O–H groups in total. The zero-order valence-electron chi connectivity index (χ0n) is 8.37. The Hall–Kier alpha value is -0.900. The molecular formula is C10H13FO2S. The van der Waals surface area contributed by atoms with Gasteiger partial charge in [-0.15, -0.1) is 12.6 Å². The molecule has 0 amide bonds. The fourth-order valence-corrected chi connectivity index (χ4v) is 1.29. The molecule has 0 aliphatic heterocycles. The van der Waals surface area contributed by atoms with Gasteiger partial charge in [-0.3, -0.25) is 0 Å². The van der Waals surface area contributed by atoms with Crippen molar-refractivity contribution in [3.05, 3.63) is 17.9 Å². The van der Waals surface area contributed by atoms with Crippen LogP contribution in [0.2, 0.25) is 0 Å². The molecule has 0 spiro atoms. The smallest absolute Gasteiger partial charge is 0.197 e. The molecule has 0 heterocycles. The molecule has 1 aromatic carbocycles. The average molecular weight is 216 g/mol. The lowest BCUT2D eigenvalue weighted by atomic mass is 10.3. The zero-order chi connectivity index (χ0) is 10.7. The van der Waals surface area contributed by atoms with Crippen LogP contribution in [-0.4, -0.2) is 13.2 Å². The van der Waals surface area contributed by atoms with E-state index in [0.29, 0.717) is 10.6 Å². The van der Waals surface area contributed by atoms with Crippen LogP contribution in [0.4, 0.5) is 4.39 Å². The van der Waals surface area contributed by atoms with Gasteiger partial charge in [-0.1, -0.05) is 0 Å². The number of hydrogen-bond donors (Lipinski definition) is 1. The molecule has 2 nitrogen and oxygen atoms in total. The lowest BCUT2D eigenvalue weighted by Gasteiger charge is -2.14. The Morgan fingerprint density at radius 3 is 2.50 bits per heavy atom. The normalized spacial score (nSPS) is 10.4. The van der Waals surface area contributed by atoms with Gasteiger partial charge in [-0.25, -0.2) is 4.39 Å². The highest BCUT2D eigenvalue weighted by Crippen LogP contribution is 2.33. The van der Waals surface area contributed by atoms with Gasteiger partial charge in [0.2, 0.25) is 0 Å². The standard InChI is InChI=1S/C10H13FO2S/c1-6(2)13-10-8(11)4-7(14)5-9(10)12-3/h4-6,14H,1-3H3. The fraction of sp³-hybridized carbons (Fsp3) is 0.400. The van der Waals surface area contributed by atoms with Crippen molar-refractivity contribution < 1.29 is 13.9 Å². The molecule has 0 aliphatic carbocycles. The van der Waals surface area contributed by atoms with Crippen molar-refractivity contribution in [1.82, 2.24) is 0 Å². The molecule has 0 radical (unpaired) electrons. The quantitative estimate of drug-likeness (QED) is 0.783. The van der Waals surface area contributed by atoms with Gasteiger partial charge < -0.3 is 9.47 Å². The van der Waals surface area contributed by atoms with Gasteiger partial charge in [0.05, 0.1) is 13.2 Å².